The van der Waals surface area contributed by atoms with Gasteiger partial charge >= 0.3 is 0 Å². The number of hydrogen-bond donors (Lipinski definition) is 2. The third-order valence-corrected chi connectivity index (χ3v) is 3.69. The monoisotopic (exact) mass is 292 g/mol. The van der Waals surface area contributed by atoms with Gasteiger partial charge in [0.15, 0.2) is 11.5 Å². The number of fused-ring (bicyclic) bond motifs is 1. The van der Waals surface area contributed by atoms with Crippen molar-refractivity contribution in [1.29, 1.82) is 0 Å². The van der Waals surface area contributed by atoms with Crippen LogP contribution in [0.2, 0.25) is 0 Å². The Morgan fingerprint density at radius 1 is 1.43 bits per heavy atom. The van der Waals surface area contributed by atoms with Crippen molar-refractivity contribution in [1.82, 2.24) is 0 Å². The van der Waals surface area contributed by atoms with Crippen molar-refractivity contribution in [3.63, 3.8) is 0 Å². The van der Waals surface area contributed by atoms with Gasteiger partial charge in [0.1, 0.15) is 11.9 Å². The van der Waals surface area contributed by atoms with Crippen molar-refractivity contribution < 1.29 is 19.7 Å². The van der Waals surface area contributed by atoms with Gasteiger partial charge in [-0.2, -0.15) is 0 Å². The fourth-order valence-corrected chi connectivity index (χ4v) is 2.57. The summed E-state index contributed by atoms with van der Waals surface area (Å²) in [5.74, 6) is 0.601. The average molecular weight is 292 g/mol. The van der Waals surface area contributed by atoms with E-state index in [4.69, 9.17) is 9.47 Å². The van der Waals surface area contributed by atoms with E-state index in [2.05, 4.69) is 13.5 Å². The van der Waals surface area contributed by atoms with Crippen LogP contribution in [0, 0.1) is 0 Å². The molecule has 0 bridgehead atoms. The number of hydrogen-bond acceptors (Lipinski definition) is 4. The molecule has 116 valence electrons. The molecule has 21 heavy (non-hydrogen) atoms. The van der Waals surface area contributed by atoms with Crippen LogP contribution in [0.1, 0.15) is 37.3 Å². The van der Waals surface area contributed by atoms with Gasteiger partial charge in [-0.1, -0.05) is 25.8 Å². The summed E-state index contributed by atoms with van der Waals surface area (Å²) in [5, 5.41) is 20.2. The maximum Gasteiger partial charge on any atom is 0.165 e. The Morgan fingerprint density at radius 2 is 2.24 bits per heavy atom. The molecule has 1 aliphatic heterocycles. The first-order chi connectivity index (χ1) is 10.2. The molecular weight excluding hydrogens is 268 g/mol. The second-order valence-corrected chi connectivity index (χ2v) is 5.43. The van der Waals surface area contributed by atoms with E-state index in [9.17, 15) is 10.2 Å². The van der Waals surface area contributed by atoms with Crippen LogP contribution in [0.4, 0.5) is 0 Å². The summed E-state index contributed by atoms with van der Waals surface area (Å²) in [5.41, 5.74) is 1.30. The summed E-state index contributed by atoms with van der Waals surface area (Å²) in [6.07, 6.45) is 6.02. The third kappa shape index (κ3) is 3.70. The van der Waals surface area contributed by atoms with Crippen molar-refractivity contribution >= 4 is 0 Å². The van der Waals surface area contributed by atoms with Gasteiger partial charge in [0.2, 0.25) is 0 Å². The van der Waals surface area contributed by atoms with Gasteiger partial charge in [0.25, 0.3) is 0 Å². The molecule has 0 spiro atoms. The Kier molecular flexibility index (Phi) is 5.51. The molecule has 1 aromatic rings. The molecule has 0 fully saturated rings. The van der Waals surface area contributed by atoms with Crippen LogP contribution in [0.5, 0.6) is 17.2 Å². The Bertz CT molecular complexity index is 496. The fourth-order valence-electron chi connectivity index (χ4n) is 2.57. The number of allylic oxidation sites excluding steroid dienone is 1. The Balaban J connectivity index is 1.95. The molecule has 0 radical (unpaired) electrons. The maximum absolute atomic E-state index is 10.2. The summed E-state index contributed by atoms with van der Waals surface area (Å²) >= 11 is 0. The average Bonchev–Trinajstić information content (AvgIpc) is 2.86. The molecule has 1 heterocycles. The summed E-state index contributed by atoms with van der Waals surface area (Å²) < 4.78 is 11.4. The quantitative estimate of drug-likeness (QED) is 0.570. The highest BCUT2D eigenvalue weighted by Gasteiger charge is 2.28. The molecule has 2 N–H and O–H groups in total. The number of ether oxygens (including phenoxy) is 2. The van der Waals surface area contributed by atoms with E-state index < -0.39 is 0 Å². The first kappa shape index (κ1) is 15.7. The first-order valence-corrected chi connectivity index (χ1v) is 7.59. The lowest BCUT2D eigenvalue weighted by Crippen LogP contribution is -2.20. The summed E-state index contributed by atoms with van der Waals surface area (Å²) in [7, 11) is 0. The minimum Gasteiger partial charge on any atom is -0.508 e. The van der Waals surface area contributed by atoms with Crippen molar-refractivity contribution in [2.45, 2.75) is 45.1 Å². The van der Waals surface area contributed by atoms with Crippen LogP contribution in [-0.4, -0.2) is 29.5 Å². The third-order valence-electron chi connectivity index (χ3n) is 3.69. The largest absolute Gasteiger partial charge is 0.508 e. The highest BCUT2D eigenvalue weighted by molar-refractivity contribution is 5.59. The zero-order valence-electron chi connectivity index (χ0n) is 12.6. The van der Waals surface area contributed by atoms with Crippen LogP contribution in [0.15, 0.2) is 18.7 Å². The summed E-state index contributed by atoms with van der Waals surface area (Å²) in [6, 6.07) is 1.67. The lowest BCUT2D eigenvalue weighted by atomic mass is 10.0. The molecule has 0 amide bonds. The molecule has 0 aromatic heterocycles. The standard InChI is InChI=1S/C17H24O4/c1-3-5-6-8-20-11-13-9-12-10-15(18)14(7-4-2)16(19)17(12)21-13/h4,10,13,18-19H,2-3,5-9,11H2,1H3. The van der Waals surface area contributed by atoms with E-state index in [0.717, 1.165) is 18.6 Å². The molecule has 0 saturated carbocycles. The van der Waals surface area contributed by atoms with E-state index in [0.29, 0.717) is 30.8 Å². The minimum atomic E-state index is -0.0918. The summed E-state index contributed by atoms with van der Waals surface area (Å²) in [4.78, 5) is 0. The normalized spacial score (nSPS) is 16.5. The van der Waals surface area contributed by atoms with Crippen molar-refractivity contribution in [2.75, 3.05) is 13.2 Å². The van der Waals surface area contributed by atoms with Gasteiger partial charge in [0, 0.05) is 24.2 Å². The maximum atomic E-state index is 10.2. The Morgan fingerprint density at radius 3 is 2.95 bits per heavy atom. The molecule has 0 aliphatic carbocycles. The van der Waals surface area contributed by atoms with Crippen molar-refractivity contribution in [3.05, 3.63) is 29.8 Å². The van der Waals surface area contributed by atoms with Gasteiger partial charge in [0.05, 0.1) is 6.61 Å². The van der Waals surface area contributed by atoms with Crippen molar-refractivity contribution in [3.8, 4) is 17.2 Å². The second-order valence-electron chi connectivity index (χ2n) is 5.43. The summed E-state index contributed by atoms with van der Waals surface area (Å²) in [6.45, 7) is 7.04. The van der Waals surface area contributed by atoms with Crippen LogP contribution < -0.4 is 4.74 Å². The molecule has 1 aromatic carbocycles. The Labute approximate surface area is 126 Å². The van der Waals surface area contributed by atoms with E-state index in [-0.39, 0.29) is 17.6 Å². The minimum absolute atomic E-state index is 0.0263. The zero-order chi connectivity index (χ0) is 15.2. The van der Waals surface area contributed by atoms with Crippen molar-refractivity contribution in [2.24, 2.45) is 0 Å². The van der Waals surface area contributed by atoms with Crippen LogP contribution in [0.3, 0.4) is 0 Å². The first-order valence-electron chi connectivity index (χ1n) is 7.59. The second kappa shape index (κ2) is 7.36. The number of phenols is 2. The molecule has 1 unspecified atom stereocenters. The van der Waals surface area contributed by atoms with Gasteiger partial charge in [-0.25, -0.2) is 0 Å². The van der Waals surface area contributed by atoms with E-state index in [1.807, 2.05) is 0 Å². The predicted octanol–water partition coefficient (Wildman–Crippen LogP) is 3.34. The molecular formula is C17H24O4. The number of phenolic OH excluding ortho intramolecular Hbond substituents is 2. The van der Waals surface area contributed by atoms with Crippen LogP contribution >= 0.6 is 0 Å². The van der Waals surface area contributed by atoms with E-state index in [1.54, 1.807) is 12.1 Å². The highest BCUT2D eigenvalue weighted by atomic mass is 16.5. The Hall–Kier alpha value is -1.68. The van der Waals surface area contributed by atoms with E-state index >= 15 is 0 Å². The van der Waals surface area contributed by atoms with Crippen LogP contribution in [0.25, 0.3) is 0 Å². The zero-order valence-corrected chi connectivity index (χ0v) is 12.6. The topological polar surface area (TPSA) is 58.9 Å². The lowest BCUT2D eigenvalue weighted by Gasteiger charge is -2.12. The molecule has 4 nitrogen and oxygen atoms in total. The highest BCUT2D eigenvalue weighted by Crippen LogP contribution is 2.44. The molecule has 4 heteroatoms. The number of rotatable bonds is 8. The smallest absolute Gasteiger partial charge is 0.165 e. The van der Waals surface area contributed by atoms with Gasteiger partial charge in [-0.3, -0.25) is 0 Å². The molecule has 2 rings (SSSR count). The number of benzene rings is 1. The van der Waals surface area contributed by atoms with Gasteiger partial charge < -0.3 is 19.7 Å². The van der Waals surface area contributed by atoms with Gasteiger partial charge in [-0.15, -0.1) is 6.58 Å². The lowest BCUT2D eigenvalue weighted by molar-refractivity contribution is 0.0576. The number of unbranched alkanes of at least 4 members (excludes halogenated alkanes) is 2. The van der Waals surface area contributed by atoms with E-state index in [1.165, 1.54) is 12.8 Å². The van der Waals surface area contributed by atoms with Crippen LogP contribution in [-0.2, 0) is 17.6 Å². The predicted molar refractivity (Wildman–Crippen MR) is 82.1 cm³/mol. The molecule has 1 atom stereocenters. The molecule has 1 aliphatic rings. The number of aromatic hydroxyl groups is 2. The fraction of sp³-hybridized carbons (Fsp3) is 0.529. The SMILES string of the molecule is C=CCc1c(O)cc2c(c1O)OC(COCCCCC)C2. The van der Waals surface area contributed by atoms with Gasteiger partial charge in [-0.05, 0) is 18.9 Å². The molecule has 0 saturated heterocycles.